The third-order valence-electron chi connectivity index (χ3n) is 1.68. The zero-order valence-corrected chi connectivity index (χ0v) is 9.17. The van der Waals surface area contributed by atoms with E-state index in [0.29, 0.717) is 18.4 Å². The van der Waals surface area contributed by atoms with Crippen LogP contribution in [0.5, 0.6) is 11.8 Å². The highest BCUT2D eigenvalue weighted by Crippen LogP contribution is 2.34. The molecule has 0 saturated heterocycles. The van der Waals surface area contributed by atoms with E-state index in [1.54, 1.807) is 12.5 Å². The molecule has 1 aliphatic rings. The Morgan fingerprint density at radius 2 is 2.50 bits per heavy atom. The standard InChI is InChI=1S/C9H9BrN2O2/c1-2-13-8-6(10)5-7-9(12-8)14-4-3-11-7/h3-5,11H,2H2,1H3. The summed E-state index contributed by atoms with van der Waals surface area (Å²) in [5.41, 5.74) is 0.822. The lowest BCUT2D eigenvalue weighted by Crippen LogP contribution is -2.04. The summed E-state index contributed by atoms with van der Waals surface area (Å²) in [5.74, 6) is 1.07. The van der Waals surface area contributed by atoms with Gasteiger partial charge in [0.2, 0.25) is 11.8 Å². The quantitative estimate of drug-likeness (QED) is 0.884. The SMILES string of the molecule is CCOc1nc2c(cc1Br)NC=CO2. The molecule has 1 aliphatic heterocycles. The highest BCUT2D eigenvalue weighted by atomic mass is 79.9. The maximum atomic E-state index is 5.31. The Morgan fingerprint density at radius 1 is 1.64 bits per heavy atom. The van der Waals surface area contributed by atoms with Crippen LogP contribution in [0.2, 0.25) is 0 Å². The van der Waals surface area contributed by atoms with E-state index in [1.807, 2.05) is 13.0 Å². The lowest BCUT2D eigenvalue weighted by molar-refractivity contribution is 0.318. The molecule has 5 heteroatoms. The van der Waals surface area contributed by atoms with Crippen LogP contribution in [0.1, 0.15) is 6.92 Å². The number of pyridine rings is 1. The smallest absolute Gasteiger partial charge is 0.246 e. The fraction of sp³-hybridized carbons (Fsp3) is 0.222. The minimum atomic E-state index is 0.527. The van der Waals surface area contributed by atoms with Gasteiger partial charge < -0.3 is 14.8 Å². The second kappa shape index (κ2) is 3.88. The summed E-state index contributed by atoms with van der Waals surface area (Å²) in [5, 5.41) is 3.02. The van der Waals surface area contributed by atoms with E-state index in [9.17, 15) is 0 Å². The van der Waals surface area contributed by atoms with Gasteiger partial charge in [0, 0.05) is 6.20 Å². The lowest BCUT2D eigenvalue weighted by Gasteiger charge is -2.14. The fourth-order valence-electron chi connectivity index (χ4n) is 1.11. The van der Waals surface area contributed by atoms with Gasteiger partial charge in [-0.3, -0.25) is 0 Å². The minimum Gasteiger partial charge on any atom is -0.477 e. The molecule has 0 fully saturated rings. The molecule has 0 saturated carbocycles. The number of hydrogen-bond acceptors (Lipinski definition) is 4. The van der Waals surface area contributed by atoms with Gasteiger partial charge in [0.15, 0.2) is 0 Å². The monoisotopic (exact) mass is 256 g/mol. The van der Waals surface area contributed by atoms with Crippen LogP contribution in [0, 0.1) is 0 Å². The number of nitrogens with one attached hydrogen (secondary N) is 1. The zero-order valence-electron chi connectivity index (χ0n) is 7.58. The van der Waals surface area contributed by atoms with E-state index in [-0.39, 0.29) is 0 Å². The van der Waals surface area contributed by atoms with Crippen molar-refractivity contribution in [1.29, 1.82) is 0 Å². The first-order valence-electron chi connectivity index (χ1n) is 4.23. The molecule has 0 aromatic carbocycles. The Hall–Kier alpha value is -1.23. The fourth-order valence-corrected chi connectivity index (χ4v) is 1.54. The number of hydrogen-bond donors (Lipinski definition) is 1. The summed E-state index contributed by atoms with van der Waals surface area (Å²) >= 11 is 3.37. The van der Waals surface area contributed by atoms with E-state index < -0.39 is 0 Å². The molecule has 0 radical (unpaired) electrons. The maximum absolute atomic E-state index is 5.31. The third kappa shape index (κ3) is 1.68. The molecule has 0 atom stereocenters. The van der Waals surface area contributed by atoms with Gasteiger partial charge in [-0.2, -0.15) is 4.98 Å². The van der Waals surface area contributed by atoms with Gasteiger partial charge in [0.05, 0.1) is 11.1 Å². The maximum Gasteiger partial charge on any atom is 0.246 e. The van der Waals surface area contributed by atoms with Gasteiger partial charge in [-0.05, 0) is 28.9 Å². The van der Waals surface area contributed by atoms with Gasteiger partial charge in [-0.1, -0.05) is 0 Å². The minimum absolute atomic E-state index is 0.527. The Balaban J connectivity index is 2.38. The number of halogens is 1. The Kier molecular flexibility index (Phi) is 2.58. The van der Waals surface area contributed by atoms with Crippen molar-refractivity contribution in [2.75, 3.05) is 11.9 Å². The van der Waals surface area contributed by atoms with Crippen molar-refractivity contribution in [1.82, 2.24) is 4.98 Å². The summed E-state index contributed by atoms with van der Waals surface area (Å²) in [6, 6.07) is 1.87. The zero-order chi connectivity index (χ0) is 9.97. The third-order valence-corrected chi connectivity index (χ3v) is 2.24. The van der Waals surface area contributed by atoms with Gasteiger partial charge in [0.1, 0.15) is 11.9 Å². The highest BCUT2D eigenvalue weighted by molar-refractivity contribution is 9.10. The molecule has 0 aliphatic carbocycles. The Morgan fingerprint density at radius 3 is 3.29 bits per heavy atom. The van der Waals surface area contributed by atoms with Gasteiger partial charge >= 0.3 is 0 Å². The van der Waals surface area contributed by atoms with Gasteiger partial charge in [-0.25, -0.2) is 0 Å². The number of nitrogens with zero attached hydrogens (tertiary/aromatic N) is 1. The molecule has 0 bridgehead atoms. The molecule has 74 valence electrons. The number of aromatic nitrogens is 1. The average molecular weight is 257 g/mol. The van der Waals surface area contributed by atoms with Crippen molar-refractivity contribution in [3.63, 3.8) is 0 Å². The molecule has 1 N–H and O–H groups in total. The predicted molar refractivity (Wildman–Crippen MR) is 56.5 cm³/mol. The Labute approximate surface area is 90.1 Å². The number of rotatable bonds is 2. The molecule has 2 rings (SSSR count). The van der Waals surface area contributed by atoms with E-state index in [0.717, 1.165) is 10.2 Å². The first-order valence-corrected chi connectivity index (χ1v) is 5.02. The van der Waals surface area contributed by atoms with E-state index in [1.165, 1.54) is 0 Å². The average Bonchev–Trinajstić information content (AvgIpc) is 2.19. The summed E-state index contributed by atoms with van der Waals surface area (Å²) in [4.78, 5) is 4.20. The molecular weight excluding hydrogens is 248 g/mol. The predicted octanol–water partition coefficient (Wildman–Crippen LogP) is 2.52. The van der Waals surface area contributed by atoms with Crippen LogP contribution in [0.4, 0.5) is 5.69 Å². The van der Waals surface area contributed by atoms with Crippen molar-refractivity contribution in [2.45, 2.75) is 6.92 Å². The number of fused-ring (bicyclic) bond motifs is 1. The summed E-state index contributed by atoms with van der Waals surface area (Å²) in [6.45, 7) is 2.49. The van der Waals surface area contributed by atoms with Crippen LogP contribution >= 0.6 is 15.9 Å². The highest BCUT2D eigenvalue weighted by Gasteiger charge is 2.13. The van der Waals surface area contributed by atoms with Crippen molar-refractivity contribution in [3.8, 4) is 11.8 Å². The molecule has 0 spiro atoms. The second-order valence-electron chi connectivity index (χ2n) is 2.63. The number of ether oxygens (including phenoxy) is 2. The molecule has 2 heterocycles. The van der Waals surface area contributed by atoms with Crippen LogP contribution < -0.4 is 14.8 Å². The lowest BCUT2D eigenvalue weighted by atomic mass is 10.4. The van der Waals surface area contributed by atoms with Crippen LogP contribution in [0.15, 0.2) is 23.0 Å². The molecule has 0 unspecified atom stereocenters. The van der Waals surface area contributed by atoms with Crippen LogP contribution in [-0.4, -0.2) is 11.6 Å². The van der Waals surface area contributed by atoms with E-state index in [2.05, 4.69) is 26.2 Å². The number of anilines is 1. The first-order chi connectivity index (χ1) is 6.81. The molecule has 4 nitrogen and oxygen atoms in total. The molecular formula is C9H9BrN2O2. The topological polar surface area (TPSA) is 43.4 Å². The summed E-state index contributed by atoms with van der Waals surface area (Å²) in [7, 11) is 0. The van der Waals surface area contributed by atoms with Crippen LogP contribution in [-0.2, 0) is 0 Å². The van der Waals surface area contributed by atoms with E-state index >= 15 is 0 Å². The largest absolute Gasteiger partial charge is 0.477 e. The van der Waals surface area contributed by atoms with Crippen molar-refractivity contribution >= 4 is 21.6 Å². The second-order valence-corrected chi connectivity index (χ2v) is 3.48. The summed E-state index contributed by atoms with van der Waals surface area (Å²) < 4.78 is 11.3. The van der Waals surface area contributed by atoms with Crippen LogP contribution in [0.3, 0.4) is 0 Å². The summed E-state index contributed by atoms with van der Waals surface area (Å²) in [6.07, 6.45) is 3.25. The molecule has 1 aromatic heterocycles. The normalized spacial score (nSPS) is 12.7. The van der Waals surface area contributed by atoms with Gasteiger partial charge in [-0.15, -0.1) is 0 Å². The first kappa shape index (κ1) is 9.33. The van der Waals surface area contributed by atoms with Crippen molar-refractivity contribution in [3.05, 3.63) is 23.0 Å². The van der Waals surface area contributed by atoms with Crippen molar-refractivity contribution < 1.29 is 9.47 Å². The van der Waals surface area contributed by atoms with Crippen LogP contribution in [0.25, 0.3) is 0 Å². The molecule has 0 amide bonds. The van der Waals surface area contributed by atoms with Gasteiger partial charge in [0.25, 0.3) is 0 Å². The van der Waals surface area contributed by atoms with E-state index in [4.69, 9.17) is 9.47 Å². The molecule has 14 heavy (non-hydrogen) atoms. The molecule has 1 aromatic rings. The van der Waals surface area contributed by atoms with Crippen molar-refractivity contribution in [2.24, 2.45) is 0 Å². The Bertz CT molecular complexity index is 379.